The number of pyridine rings is 6. The third-order valence-corrected chi connectivity index (χ3v) is 10.9. The highest BCUT2D eigenvalue weighted by molar-refractivity contribution is 9.12. The number of nitrogens with one attached hydrogen (secondary N) is 4. The molecule has 0 radical (unpaired) electrons. The van der Waals surface area contributed by atoms with Crippen LogP contribution in [0.3, 0.4) is 0 Å². The SMILES string of the molecule is CC(=O)NNC(=O)c1ccc(Br)cn1.CCNc1nnc(-c2ccc(Br)cn2)o1.COC(=O)c1ccc(Br)cn1.Cc1nnc(-c2ccc(Br)cn2)o1.N#CBr.NN.NNC(=O)c1ccc(Br)cn1.Nc1nnc(-c2ccc(Br)cn2)o1. The van der Waals surface area contributed by atoms with E-state index in [1.54, 1.807) is 79.2 Å². The Bertz CT molecular complexity index is 3220. The maximum atomic E-state index is 11.3. The van der Waals surface area contributed by atoms with Crippen molar-refractivity contribution in [2.45, 2.75) is 20.8 Å². The number of halogens is 7. The van der Waals surface area contributed by atoms with Crippen molar-refractivity contribution >= 4 is 147 Å². The van der Waals surface area contributed by atoms with Gasteiger partial charge in [-0.25, -0.2) is 40.5 Å². The Kier molecular flexibility index (Phi) is 34.3. The number of hydrogen-bond acceptors (Lipinski definition) is 26. The highest BCUT2D eigenvalue weighted by Crippen LogP contribution is 2.21. The van der Waals surface area contributed by atoms with Gasteiger partial charge in [0.05, 0.1) is 7.11 Å². The largest absolute Gasteiger partial charge is 0.464 e. The van der Waals surface area contributed by atoms with Crippen molar-refractivity contribution in [3.8, 4) is 39.7 Å². The number of aryl methyl sites for hydroxylation is 1. The van der Waals surface area contributed by atoms with Crippen molar-refractivity contribution in [3.63, 3.8) is 0 Å². The van der Waals surface area contributed by atoms with Crippen LogP contribution in [-0.4, -0.2) is 97.8 Å². The summed E-state index contributed by atoms with van der Waals surface area (Å²) in [6, 6.07) is 21.3. The summed E-state index contributed by atoms with van der Waals surface area (Å²) in [5.41, 5.74) is 14.4. The molecule has 9 aromatic rings. The predicted octanol–water partition coefficient (Wildman–Crippen LogP) is 8.39. The lowest BCUT2D eigenvalue weighted by molar-refractivity contribution is -0.119. The van der Waals surface area contributed by atoms with Crippen molar-refractivity contribution < 1.29 is 37.2 Å². The van der Waals surface area contributed by atoms with E-state index in [2.05, 4.69) is 205 Å². The fraction of sp³-hybridized carbons (Fsp3) is 0.109. The molecule has 36 heteroatoms. The third-order valence-electron chi connectivity index (χ3n) is 8.08. The molecule has 0 aliphatic heterocycles. The minimum atomic E-state index is -0.451. The molecule has 12 N–H and O–H groups in total. The molecule has 29 nitrogen and oxygen atoms in total. The summed E-state index contributed by atoms with van der Waals surface area (Å²) >= 11 is 21.9. The Morgan fingerprint density at radius 2 is 0.939 bits per heavy atom. The minimum Gasteiger partial charge on any atom is -0.464 e. The summed E-state index contributed by atoms with van der Waals surface area (Å²) in [5, 5.41) is 32.7. The zero-order chi connectivity index (χ0) is 61.0. The molecule has 0 saturated carbocycles. The van der Waals surface area contributed by atoms with Gasteiger partial charge in [0.2, 0.25) is 11.8 Å². The van der Waals surface area contributed by atoms with Crippen LogP contribution in [0.1, 0.15) is 51.2 Å². The average molecular weight is 1580 g/mol. The number of anilines is 2. The van der Waals surface area contributed by atoms with E-state index in [1.165, 1.54) is 26.4 Å². The summed E-state index contributed by atoms with van der Waals surface area (Å²) in [4.78, 5) is 68.8. The van der Waals surface area contributed by atoms with E-state index in [0.717, 1.165) is 33.4 Å². The minimum absolute atomic E-state index is 0.0414. The van der Waals surface area contributed by atoms with Crippen LogP contribution in [0.25, 0.3) is 34.8 Å². The molecule has 0 aliphatic rings. The number of aromatic nitrogens is 12. The number of nitrogens with zero attached hydrogens (tertiary/aromatic N) is 13. The van der Waals surface area contributed by atoms with Gasteiger partial charge in [0, 0.05) is 100 Å². The summed E-state index contributed by atoms with van der Waals surface area (Å²) in [6.45, 7) is 5.75. The molecule has 9 heterocycles. The van der Waals surface area contributed by atoms with Gasteiger partial charge in [0.15, 0.2) is 0 Å². The normalized spacial score (nSPS) is 9.38. The van der Waals surface area contributed by atoms with Crippen molar-refractivity contribution in [3.05, 3.63) is 160 Å². The highest BCUT2D eigenvalue weighted by atomic mass is 79.9. The fourth-order valence-electron chi connectivity index (χ4n) is 4.70. The smallest absolute Gasteiger partial charge is 0.356 e. The van der Waals surface area contributed by atoms with E-state index in [4.69, 9.17) is 30.1 Å². The number of carbonyl (C=O) groups is 4. The Morgan fingerprint density at radius 3 is 1.27 bits per heavy atom. The number of rotatable bonds is 8. The zero-order valence-electron chi connectivity index (χ0n) is 42.6. The standard InChI is InChI=1S/C9H9BrN4O.C8H8BrN3O2.C8H6BrN3O.C7H5BrN4O.C7H6BrNO2.C6H6BrN3O.CBrN.H4N2/c1-2-11-9-14-13-8(15-9)7-4-3-6(10)5-12-7;1-5(13)11-12-8(14)7-3-2-6(9)4-10-7;1-5-11-12-8(13-5)7-3-2-6(9)4-10-7;8-4-1-2-5(10-3-4)6-11-12-7(9)13-6;1-11-7(10)6-3-2-5(8)4-9-6;7-4-1-2-5(9-3-4)6(11)10-8;2-1-3;1-2/h3-5H,2H2,1H3,(H,11,14);2-4H,1H3,(H,11,13)(H,12,14);2-4H,1H3;1-3H,(H2,9,12);2-4H,1H3;1-3H,8H2,(H,10,11);;1-2H2. The number of nitrogen functional groups attached to an aromatic ring is 2. The van der Waals surface area contributed by atoms with Crippen LogP contribution < -0.4 is 44.9 Å². The molecule has 0 atom stereocenters. The van der Waals surface area contributed by atoms with Gasteiger partial charge < -0.3 is 29.0 Å². The maximum absolute atomic E-state index is 11.3. The summed E-state index contributed by atoms with van der Waals surface area (Å²) in [6.07, 6.45) is 9.61. The van der Waals surface area contributed by atoms with Gasteiger partial charge in [-0.3, -0.25) is 42.3 Å². The number of nitrogens with two attached hydrogens (primary N) is 4. The molecule has 0 aliphatic carbocycles. The molecule has 0 fully saturated rings. The zero-order valence-corrected chi connectivity index (χ0v) is 53.7. The number of methoxy groups -OCH3 is 1. The number of nitriles is 1. The van der Waals surface area contributed by atoms with Gasteiger partial charge in [0.1, 0.15) is 39.1 Å². The number of hydrazine groups is 3. The first kappa shape index (κ1) is 70.6. The fourth-order valence-corrected chi connectivity index (χ4v) is 6.11. The van der Waals surface area contributed by atoms with E-state index in [9.17, 15) is 19.2 Å². The Balaban J connectivity index is 0.000000331. The Labute approximate surface area is 524 Å². The lowest BCUT2D eigenvalue weighted by Gasteiger charge is -2.03. The highest BCUT2D eigenvalue weighted by Gasteiger charge is 2.11. The second-order valence-corrected chi connectivity index (χ2v) is 19.7. The molecule has 0 aromatic carbocycles. The number of carbonyl (C=O) groups excluding carboxylic acids is 4. The van der Waals surface area contributed by atoms with Crippen LogP contribution in [0.4, 0.5) is 12.0 Å². The van der Waals surface area contributed by atoms with Crippen LogP contribution >= 0.6 is 112 Å². The monoisotopic (exact) mass is 1570 g/mol. The molecule has 430 valence electrons. The first-order valence-corrected chi connectivity index (χ1v) is 27.5. The molecule has 0 bridgehead atoms. The van der Waals surface area contributed by atoms with E-state index in [0.29, 0.717) is 58.0 Å². The lowest BCUT2D eigenvalue weighted by atomic mass is 10.3. The lowest BCUT2D eigenvalue weighted by Crippen LogP contribution is -2.40. The molecule has 3 amide bonds. The molecule has 82 heavy (non-hydrogen) atoms. The van der Waals surface area contributed by atoms with Gasteiger partial charge in [-0.2, -0.15) is 5.26 Å². The van der Waals surface area contributed by atoms with Crippen molar-refractivity contribution in [1.82, 2.24) is 76.8 Å². The van der Waals surface area contributed by atoms with Crippen LogP contribution in [-0.2, 0) is 9.53 Å². The second kappa shape index (κ2) is 39.8. The number of ether oxygens (including phenoxy) is 1. The number of esters is 1. The van der Waals surface area contributed by atoms with E-state index < -0.39 is 17.8 Å². The molecular weight excluding hydrogens is 1530 g/mol. The van der Waals surface area contributed by atoms with E-state index in [1.807, 2.05) is 42.7 Å². The molecule has 0 unspecified atom stereocenters. The van der Waals surface area contributed by atoms with Crippen LogP contribution in [0, 0.1) is 17.2 Å². The van der Waals surface area contributed by atoms with Gasteiger partial charge in [0.25, 0.3) is 29.5 Å². The van der Waals surface area contributed by atoms with Gasteiger partial charge in [-0.05, 0) is 175 Å². The predicted molar refractivity (Wildman–Crippen MR) is 322 cm³/mol. The third kappa shape index (κ3) is 27.8. The van der Waals surface area contributed by atoms with Crippen LogP contribution in [0.15, 0.2) is 150 Å². The molecule has 9 aromatic heterocycles. The molecule has 0 saturated heterocycles. The van der Waals surface area contributed by atoms with Crippen molar-refractivity contribution in [2.24, 2.45) is 17.5 Å². The van der Waals surface area contributed by atoms with E-state index >= 15 is 0 Å². The van der Waals surface area contributed by atoms with Gasteiger partial charge in [-0.1, -0.05) is 10.2 Å². The quantitative estimate of drug-likeness (QED) is 0.0306. The summed E-state index contributed by atoms with van der Waals surface area (Å²) in [7, 11) is 1.33. The maximum Gasteiger partial charge on any atom is 0.356 e. The average Bonchev–Trinajstić information content (AvgIpc) is 4.34. The first-order chi connectivity index (χ1) is 39.3. The molecule has 9 rings (SSSR count). The van der Waals surface area contributed by atoms with E-state index in [-0.39, 0.29) is 17.6 Å². The molecule has 0 spiro atoms. The number of amides is 3. The van der Waals surface area contributed by atoms with Crippen LogP contribution in [0.2, 0.25) is 0 Å². The van der Waals surface area contributed by atoms with Crippen molar-refractivity contribution in [1.29, 1.82) is 5.26 Å². The topological polar surface area (TPSA) is 448 Å². The first-order valence-electron chi connectivity index (χ1n) is 22.0. The Morgan fingerprint density at radius 1 is 0.561 bits per heavy atom. The number of hydrogen-bond donors (Lipinski definition) is 8. The molecular formula is C46H44Br7N21O8. The van der Waals surface area contributed by atoms with Crippen LogP contribution in [0.5, 0.6) is 0 Å². The van der Waals surface area contributed by atoms with Gasteiger partial charge in [-0.15, -0.1) is 20.4 Å². The second-order valence-electron chi connectivity index (χ2n) is 13.9. The summed E-state index contributed by atoms with van der Waals surface area (Å²) in [5.74, 6) is 13.0. The Hall–Kier alpha value is -7.47. The van der Waals surface area contributed by atoms with Crippen molar-refractivity contribution in [2.75, 3.05) is 24.7 Å². The van der Waals surface area contributed by atoms with Gasteiger partial charge >= 0.3 is 18.0 Å². The summed E-state index contributed by atoms with van der Waals surface area (Å²) < 4.78 is 25.2.